The van der Waals surface area contributed by atoms with Crippen LogP contribution in [0.2, 0.25) is 0 Å². The lowest BCUT2D eigenvalue weighted by Crippen LogP contribution is -2.25. The van der Waals surface area contributed by atoms with Gasteiger partial charge in [-0.2, -0.15) is 13.2 Å². The van der Waals surface area contributed by atoms with Gasteiger partial charge in [0.1, 0.15) is 5.82 Å². The second-order valence-electron chi connectivity index (χ2n) is 6.96. The molecule has 31 heavy (non-hydrogen) atoms. The minimum Gasteiger partial charge on any atom is -0.349 e. The number of hydrogen-bond acceptors (Lipinski definition) is 4. The Bertz CT molecular complexity index is 1140. The zero-order chi connectivity index (χ0) is 22.2. The van der Waals surface area contributed by atoms with Crippen LogP contribution in [0, 0.1) is 5.82 Å². The predicted molar refractivity (Wildman–Crippen MR) is 101 cm³/mol. The highest BCUT2D eigenvalue weighted by atomic mass is 19.4. The summed E-state index contributed by atoms with van der Waals surface area (Å²) in [6.45, 7) is 0. The summed E-state index contributed by atoms with van der Waals surface area (Å²) in [5, 5.41) is 11.9. The van der Waals surface area contributed by atoms with E-state index in [2.05, 4.69) is 20.9 Å². The standard InChI is InChI=1S/C20H15F4N5O2/c21-12-2-1-3-15(10-12)29-17(20(22,23)24)16(27-28-29)19(31)26-13-6-4-11(5-7-13)18(30)25-14-8-9-14/h1-7,10,14H,8-9H2,(H,25,30)(H,26,31). The van der Waals surface area contributed by atoms with Crippen LogP contribution in [0.5, 0.6) is 0 Å². The first-order valence-corrected chi connectivity index (χ1v) is 9.23. The molecule has 0 saturated heterocycles. The van der Waals surface area contributed by atoms with Crippen molar-refractivity contribution in [3.63, 3.8) is 0 Å². The van der Waals surface area contributed by atoms with Crippen molar-refractivity contribution < 1.29 is 27.2 Å². The van der Waals surface area contributed by atoms with Crippen molar-refractivity contribution in [2.45, 2.75) is 25.1 Å². The van der Waals surface area contributed by atoms with E-state index >= 15 is 0 Å². The molecule has 1 heterocycles. The van der Waals surface area contributed by atoms with Gasteiger partial charge in [-0.15, -0.1) is 5.10 Å². The molecule has 1 aromatic heterocycles. The molecule has 2 amide bonds. The minimum atomic E-state index is -4.98. The third-order valence-corrected chi connectivity index (χ3v) is 4.52. The Morgan fingerprint density at radius 1 is 1.03 bits per heavy atom. The van der Waals surface area contributed by atoms with Crippen LogP contribution in [0.1, 0.15) is 39.4 Å². The number of nitrogens with zero attached hydrogens (tertiary/aromatic N) is 3. The van der Waals surface area contributed by atoms with E-state index in [-0.39, 0.29) is 23.3 Å². The van der Waals surface area contributed by atoms with Crippen molar-refractivity contribution >= 4 is 17.5 Å². The van der Waals surface area contributed by atoms with Gasteiger partial charge in [0, 0.05) is 17.3 Å². The summed E-state index contributed by atoms with van der Waals surface area (Å²) in [7, 11) is 0. The van der Waals surface area contributed by atoms with Gasteiger partial charge in [0.25, 0.3) is 11.8 Å². The maximum atomic E-state index is 13.7. The average molecular weight is 433 g/mol. The first-order valence-electron chi connectivity index (χ1n) is 9.23. The number of alkyl halides is 3. The quantitative estimate of drug-likeness (QED) is 0.602. The summed E-state index contributed by atoms with van der Waals surface area (Å²) in [4.78, 5) is 24.5. The van der Waals surface area contributed by atoms with Crippen molar-refractivity contribution in [1.82, 2.24) is 20.3 Å². The Morgan fingerprint density at radius 2 is 1.74 bits per heavy atom. The van der Waals surface area contributed by atoms with Gasteiger partial charge >= 0.3 is 6.18 Å². The number of rotatable bonds is 5. The molecule has 160 valence electrons. The normalized spacial score (nSPS) is 13.7. The van der Waals surface area contributed by atoms with Gasteiger partial charge < -0.3 is 10.6 Å². The Hall–Kier alpha value is -3.76. The molecule has 0 aliphatic heterocycles. The summed E-state index contributed by atoms with van der Waals surface area (Å²) in [5.74, 6) is -2.18. The summed E-state index contributed by atoms with van der Waals surface area (Å²) >= 11 is 0. The number of halogens is 4. The SMILES string of the molecule is O=C(NC1CC1)c1ccc(NC(=O)c2nnn(-c3cccc(F)c3)c2C(F)(F)F)cc1. The van der Waals surface area contributed by atoms with Crippen molar-refractivity contribution in [3.05, 3.63) is 71.3 Å². The highest BCUT2D eigenvalue weighted by Crippen LogP contribution is 2.33. The Balaban J connectivity index is 1.57. The first kappa shape index (κ1) is 20.5. The van der Waals surface area contributed by atoms with Gasteiger partial charge in [-0.1, -0.05) is 11.3 Å². The first-order chi connectivity index (χ1) is 14.7. The van der Waals surface area contributed by atoms with E-state index in [0.29, 0.717) is 10.2 Å². The number of amides is 2. The Kier molecular flexibility index (Phi) is 5.17. The smallest absolute Gasteiger partial charge is 0.349 e. The van der Waals surface area contributed by atoms with Crippen molar-refractivity contribution in [1.29, 1.82) is 0 Å². The lowest BCUT2D eigenvalue weighted by Gasteiger charge is -2.11. The summed E-state index contributed by atoms with van der Waals surface area (Å²) in [6, 6.07) is 10.2. The molecule has 7 nitrogen and oxygen atoms in total. The molecule has 0 atom stereocenters. The van der Waals surface area contributed by atoms with Crippen LogP contribution < -0.4 is 10.6 Å². The lowest BCUT2D eigenvalue weighted by molar-refractivity contribution is -0.143. The Labute approximate surface area is 173 Å². The fourth-order valence-electron chi connectivity index (χ4n) is 2.87. The number of benzene rings is 2. The number of anilines is 1. The zero-order valence-electron chi connectivity index (χ0n) is 15.8. The van der Waals surface area contributed by atoms with Crippen LogP contribution in [0.25, 0.3) is 5.69 Å². The molecule has 3 aromatic rings. The van der Waals surface area contributed by atoms with Crippen LogP contribution >= 0.6 is 0 Å². The largest absolute Gasteiger partial charge is 0.435 e. The van der Waals surface area contributed by atoms with E-state index in [4.69, 9.17) is 0 Å². The molecule has 1 saturated carbocycles. The molecule has 1 fully saturated rings. The second-order valence-corrected chi connectivity index (χ2v) is 6.96. The number of hydrogen-bond donors (Lipinski definition) is 2. The van der Waals surface area contributed by atoms with E-state index in [0.717, 1.165) is 25.0 Å². The lowest BCUT2D eigenvalue weighted by atomic mass is 10.2. The maximum absolute atomic E-state index is 13.7. The number of carbonyl (C=O) groups is 2. The van der Waals surface area contributed by atoms with Gasteiger partial charge in [-0.05, 0) is 55.3 Å². The summed E-state index contributed by atoms with van der Waals surface area (Å²) < 4.78 is 54.8. The van der Waals surface area contributed by atoms with Crippen LogP contribution in [0.4, 0.5) is 23.2 Å². The molecule has 1 aliphatic rings. The third kappa shape index (κ3) is 4.55. The maximum Gasteiger partial charge on any atom is 0.435 e. The number of carbonyl (C=O) groups excluding carboxylic acids is 2. The molecule has 0 bridgehead atoms. The molecule has 4 rings (SSSR count). The predicted octanol–water partition coefficient (Wildman–Crippen LogP) is 3.57. The van der Waals surface area contributed by atoms with Crippen LogP contribution in [0.3, 0.4) is 0 Å². The molecular weight excluding hydrogens is 418 g/mol. The molecule has 2 aromatic carbocycles. The van der Waals surface area contributed by atoms with Gasteiger partial charge in [0.05, 0.1) is 5.69 Å². The number of aromatic nitrogens is 3. The third-order valence-electron chi connectivity index (χ3n) is 4.52. The van der Waals surface area contributed by atoms with Gasteiger partial charge in [0.15, 0.2) is 11.4 Å². The molecule has 0 spiro atoms. The molecular formula is C20H15F4N5O2. The van der Waals surface area contributed by atoms with Crippen molar-refractivity contribution in [2.75, 3.05) is 5.32 Å². The fraction of sp³-hybridized carbons (Fsp3) is 0.200. The van der Waals surface area contributed by atoms with E-state index in [1.54, 1.807) is 0 Å². The second kappa shape index (κ2) is 7.82. The monoisotopic (exact) mass is 433 g/mol. The van der Waals surface area contributed by atoms with E-state index in [9.17, 15) is 27.2 Å². The molecule has 2 N–H and O–H groups in total. The van der Waals surface area contributed by atoms with E-state index in [1.165, 1.54) is 36.4 Å². The molecule has 0 radical (unpaired) electrons. The highest BCUT2D eigenvalue weighted by Gasteiger charge is 2.42. The fourth-order valence-corrected chi connectivity index (χ4v) is 2.87. The summed E-state index contributed by atoms with van der Waals surface area (Å²) in [5.41, 5.74) is -2.10. The Morgan fingerprint density at radius 3 is 2.35 bits per heavy atom. The topological polar surface area (TPSA) is 88.9 Å². The van der Waals surface area contributed by atoms with Crippen LogP contribution in [0.15, 0.2) is 48.5 Å². The van der Waals surface area contributed by atoms with Gasteiger partial charge in [-0.3, -0.25) is 9.59 Å². The van der Waals surface area contributed by atoms with Gasteiger partial charge in [-0.25, -0.2) is 9.07 Å². The highest BCUT2D eigenvalue weighted by molar-refractivity contribution is 6.04. The number of nitrogens with one attached hydrogen (secondary N) is 2. The average Bonchev–Trinajstić information content (AvgIpc) is 3.40. The van der Waals surface area contributed by atoms with Crippen LogP contribution in [-0.2, 0) is 6.18 Å². The molecule has 11 heteroatoms. The molecule has 1 aliphatic carbocycles. The van der Waals surface area contributed by atoms with Crippen molar-refractivity contribution in [3.8, 4) is 5.69 Å². The van der Waals surface area contributed by atoms with Crippen LogP contribution in [-0.4, -0.2) is 32.9 Å². The van der Waals surface area contributed by atoms with E-state index in [1.807, 2.05) is 0 Å². The minimum absolute atomic E-state index is 0.168. The zero-order valence-corrected chi connectivity index (χ0v) is 15.8. The summed E-state index contributed by atoms with van der Waals surface area (Å²) in [6.07, 6.45) is -3.12. The van der Waals surface area contributed by atoms with Crippen molar-refractivity contribution in [2.24, 2.45) is 0 Å². The molecule has 0 unspecified atom stereocenters. The van der Waals surface area contributed by atoms with Gasteiger partial charge in [0.2, 0.25) is 0 Å². The van der Waals surface area contributed by atoms with E-state index < -0.39 is 29.3 Å².